The van der Waals surface area contributed by atoms with Crippen LogP contribution < -0.4 is 10.9 Å². The second-order valence-corrected chi connectivity index (χ2v) is 5.63. The first-order valence-electron chi connectivity index (χ1n) is 6.13. The van der Waals surface area contributed by atoms with Crippen molar-refractivity contribution < 1.29 is 9.21 Å². The molecule has 1 heterocycles. The van der Waals surface area contributed by atoms with Crippen LogP contribution in [0.4, 0.5) is 5.69 Å². The van der Waals surface area contributed by atoms with Crippen LogP contribution in [0.1, 0.15) is 38.1 Å². The van der Waals surface area contributed by atoms with Gasteiger partial charge in [0.1, 0.15) is 11.1 Å². The molecule has 0 aliphatic carbocycles. The highest BCUT2D eigenvalue weighted by molar-refractivity contribution is 5.96. The van der Waals surface area contributed by atoms with E-state index in [0.717, 1.165) is 11.1 Å². The van der Waals surface area contributed by atoms with Gasteiger partial charge in [0.05, 0.1) is 0 Å². The van der Waals surface area contributed by atoms with Gasteiger partial charge in [-0.1, -0.05) is 0 Å². The third-order valence-electron chi connectivity index (χ3n) is 2.63. The molecule has 0 amide bonds. The molecule has 1 N–H and O–H groups in total. The zero-order valence-electron chi connectivity index (χ0n) is 11.5. The predicted molar refractivity (Wildman–Crippen MR) is 75.9 cm³/mol. The minimum absolute atomic E-state index is 0.0628. The first-order valence-corrected chi connectivity index (χ1v) is 6.13. The number of rotatable bonds is 2. The van der Waals surface area contributed by atoms with Crippen LogP contribution in [0.15, 0.2) is 33.5 Å². The zero-order chi connectivity index (χ0) is 14.2. The summed E-state index contributed by atoms with van der Waals surface area (Å²) < 4.78 is 5.14. The van der Waals surface area contributed by atoms with E-state index >= 15 is 0 Å². The molecule has 2 rings (SSSR count). The van der Waals surface area contributed by atoms with Crippen LogP contribution in [0.2, 0.25) is 0 Å². The molecule has 0 atom stereocenters. The van der Waals surface area contributed by atoms with Gasteiger partial charge in [0.25, 0.3) is 0 Å². The minimum atomic E-state index is -0.587. The Morgan fingerprint density at radius 2 is 1.89 bits per heavy atom. The highest BCUT2D eigenvalue weighted by atomic mass is 16.4. The molecule has 0 radical (unpaired) electrons. The Labute approximate surface area is 111 Å². The Balaban J connectivity index is 2.56. The molecule has 0 aliphatic rings. The van der Waals surface area contributed by atoms with E-state index in [9.17, 15) is 9.59 Å². The molecule has 0 spiro atoms. The second-order valence-electron chi connectivity index (χ2n) is 5.63. The largest absolute Gasteiger partial charge is 0.422 e. The fourth-order valence-corrected chi connectivity index (χ4v) is 1.88. The molecule has 0 saturated carbocycles. The van der Waals surface area contributed by atoms with E-state index in [4.69, 9.17) is 4.42 Å². The van der Waals surface area contributed by atoms with Crippen LogP contribution in [0.25, 0.3) is 11.0 Å². The fourth-order valence-electron chi connectivity index (χ4n) is 1.88. The normalized spacial score (nSPS) is 11.6. The van der Waals surface area contributed by atoms with Crippen LogP contribution in [-0.2, 0) is 0 Å². The lowest BCUT2D eigenvalue weighted by molar-refractivity contribution is 0.101. The first-order chi connectivity index (χ1) is 8.76. The van der Waals surface area contributed by atoms with Crippen molar-refractivity contribution in [3.63, 3.8) is 0 Å². The highest BCUT2D eigenvalue weighted by Gasteiger charge is 2.12. The lowest BCUT2D eigenvalue weighted by Crippen LogP contribution is -2.25. The van der Waals surface area contributed by atoms with Crippen LogP contribution in [0.3, 0.4) is 0 Å². The number of ketones is 1. The molecule has 2 aromatic rings. The predicted octanol–water partition coefficient (Wildman–Crippen LogP) is 3.21. The third kappa shape index (κ3) is 3.02. The molecule has 0 fully saturated rings. The molecule has 100 valence electrons. The third-order valence-corrected chi connectivity index (χ3v) is 2.63. The lowest BCUT2D eigenvalue weighted by Gasteiger charge is -2.22. The Bertz CT molecular complexity index is 693. The van der Waals surface area contributed by atoms with Gasteiger partial charge in [-0.2, -0.15) is 0 Å². The number of Topliss-reactive ketones (excluding diaryl/α,β-unsaturated/α-hetero) is 1. The average Bonchev–Trinajstić information content (AvgIpc) is 2.26. The van der Waals surface area contributed by atoms with Crippen molar-refractivity contribution in [1.29, 1.82) is 0 Å². The standard InChI is InChI=1S/C15H17NO3/c1-9(17)12-8-10-7-11(16-15(2,3)4)5-6-13(10)19-14(12)18/h5-8,16H,1-4H3. The van der Waals surface area contributed by atoms with E-state index in [1.165, 1.54) is 6.92 Å². The average molecular weight is 259 g/mol. The Hall–Kier alpha value is -2.10. The van der Waals surface area contributed by atoms with Crippen molar-refractivity contribution in [1.82, 2.24) is 0 Å². The summed E-state index contributed by atoms with van der Waals surface area (Å²) in [6, 6.07) is 7.03. The van der Waals surface area contributed by atoms with Crippen molar-refractivity contribution >= 4 is 22.4 Å². The molecule has 4 nitrogen and oxygen atoms in total. The van der Waals surface area contributed by atoms with Gasteiger partial charge in [0.15, 0.2) is 5.78 Å². The second kappa shape index (κ2) is 4.53. The number of benzene rings is 1. The number of carbonyl (C=O) groups is 1. The van der Waals surface area contributed by atoms with E-state index in [1.807, 2.05) is 12.1 Å². The van der Waals surface area contributed by atoms with Crippen molar-refractivity contribution in [3.8, 4) is 0 Å². The smallest absolute Gasteiger partial charge is 0.347 e. The van der Waals surface area contributed by atoms with E-state index in [1.54, 1.807) is 12.1 Å². The number of hydrogen-bond donors (Lipinski definition) is 1. The van der Waals surface area contributed by atoms with Gasteiger partial charge in [-0.15, -0.1) is 0 Å². The monoisotopic (exact) mass is 259 g/mol. The summed E-state index contributed by atoms with van der Waals surface area (Å²) in [7, 11) is 0. The maximum atomic E-state index is 11.6. The van der Waals surface area contributed by atoms with Crippen molar-refractivity contribution in [2.24, 2.45) is 0 Å². The summed E-state index contributed by atoms with van der Waals surface area (Å²) in [6.07, 6.45) is 0. The van der Waals surface area contributed by atoms with Gasteiger partial charge in [-0.3, -0.25) is 4.79 Å². The molecular formula is C15H17NO3. The summed E-state index contributed by atoms with van der Waals surface area (Å²) in [5.41, 5.74) is 0.835. The van der Waals surface area contributed by atoms with Crippen LogP contribution in [-0.4, -0.2) is 11.3 Å². The lowest BCUT2D eigenvalue weighted by atomic mass is 10.1. The van der Waals surface area contributed by atoms with Crippen molar-refractivity contribution in [3.05, 3.63) is 40.2 Å². The van der Waals surface area contributed by atoms with Crippen LogP contribution >= 0.6 is 0 Å². The van der Waals surface area contributed by atoms with E-state index in [2.05, 4.69) is 26.1 Å². The number of anilines is 1. The molecule has 0 unspecified atom stereocenters. The van der Waals surface area contributed by atoms with Gasteiger partial charge in [-0.25, -0.2) is 4.79 Å². The summed E-state index contributed by atoms with van der Waals surface area (Å²) in [5.74, 6) is -0.287. The van der Waals surface area contributed by atoms with Gasteiger partial charge in [-0.05, 0) is 52.0 Å². The molecule has 1 aromatic carbocycles. The number of fused-ring (bicyclic) bond motifs is 1. The van der Waals surface area contributed by atoms with Gasteiger partial charge < -0.3 is 9.73 Å². The van der Waals surface area contributed by atoms with Crippen LogP contribution in [0, 0.1) is 0 Å². The van der Waals surface area contributed by atoms with Crippen molar-refractivity contribution in [2.45, 2.75) is 33.2 Å². The number of carbonyl (C=O) groups excluding carboxylic acids is 1. The summed E-state index contributed by atoms with van der Waals surface area (Å²) in [6.45, 7) is 7.53. The van der Waals surface area contributed by atoms with Gasteiger partial charge in [0.2, 0.25) is 0 Å². The van der Waals surface area contributed by atoms with Crippen LogP contribution in [0.5, 0.6) is 0 Å². The molecule has 0 bridgehead atoms. The Morgan fingerprint density at radius 1 is 1.21 bits per heavy atom. The van der Waals surface area contributed by atoms with Crippen molar-refractivity contribution in [2.75, 3.05) is 5.32 Å². The first kappa shape index (κ1) is 13.3. The van der Waals surface area contributed by atoms with E-state index < -0.39 is 5.63 Å². The van der Waals surface area contributed by atoms with Gasteiger partial charge >= 0.3 is 5.63 Å². The van der Waals surface area contributed by atoms with Gasteiger partial charge in [0, 0.05) is 16.6 Å². The SMILES string of the molecule is CC(=O)c1cc2cc(NC(C)(C)C)ccc2oc1=O. The molecule has 0 aliphatic heterocycles. The maximum Gasteiger partial charge on any atom is 0.347 e. The number of nitrogens with one attached hydrogen (secondary N) is 1. The highest BCUT2D eigenvalue weighted by Crippen LogP contribution is 2.21. The quantitative estimate of drug-likeness (QED) is 0.664. The summed E-state index contributed by atoms with van der Waals surface area (Å²) >= 11 is 0. The van der Waals surface area contributed by atoms with E-state index in [0.29, 0.717) is 5.58 Å². The molecule has 0 saturated heterocycles. The molecule has 19 heavy (non-hydrogen) atoms. The summed E-state index contributed by atoms with van der Waals surface area (Å²) in [5, 5.41) is 4.07. The molecular weight excluding hydrogens is 242 g/mol. The zero-order valence-corrected chi connectivity index (χ0v) is 11.5. The summed E-state index contributed by atoms with van der Waals surface area (Å²) in [4.78, 5) is 22.9. The Morgan fingerprint density at radius 3 is 2.47 bits per heavy atom. The maximum absolute atomic E-state index is 11.6. The topological polar surface area (TPSA) is 59.3 Å². The molecule has 1 aromatic heterocycles. The van der Waals surface area contributed by atoms with E-state index in [-0.39, 0.29) is 16.9 Å². The molecule has 4 heteroatoms. The fraction of sp³-hybridized carbons (Fsp3) is 0.333. The Kier molecular flexibility index (Phi) is 3.18. The minimum Gasteiger partial charge on any atom is -0.422 e. The number of hydrogen-bond acceptors (Lipinski definition) is 4.